The summed E-state index contributed by atoms with van der Waals surface area (Å²) in [5.74, 6) is -2.48. The van der Waals surface area contributed by atoms with E-state index in [0.717, 1.165) is 27.2 Å². The number of halogens is 3. The number of sulfonamides is 1. The molecule has 0 aromatic heterocycles. The van der Waals surface area contributed by atoms with Crippen LogP contribution in [0.25, 0.3) is 0 Å². The van der Waals surface area contributed by atoms with Gasteiger partial charge in [0, 0.05) is 23.5 Å². The fourth-order valence-electron chi connectivity index (χ4n) is 2.29. The van der Waals surface area contributed by atoms with Gasteiger partial charge in [0.1, 0.15) is 0 Å². The van der Waals surface area contributed by atoms with Crippen molar-refractivity contribution in [2.75, 3.05) is 22.4 Å². The summed E-state index contributed by atoms with van der Waals surface area (Å²) in [7, 11) is -3.71. The largest absolute Gasteiger partial charge is 0.325 e. The number of hydrogen-bond acceptors (Lipinski definition) is 3. The SMILES string of the molecule is CS(=O)(=O)N(CCCC(=O)Nc1ccccc1Br)c1ccc(F)c(F)c1. The molecule has 0 heterocycles. The molecule has 1 N–H and O–H groups in total. The van der Waals surface area contributed by atoms with Crippen molar-refractivity contribution < 1.29 is 22.0 Å². The van der Waals surface area contributed by atoms with Crippen molar-refractivity contribution in [3.8, 4) is 0 Å². The molecule has 26 heavy (non-hydrogen) atoms. The molecule has 9 heteroatoms. The Morgan fingerprint density at radius 3 is 2.46 bits per heavy atom. The van der Waals surface area contributed by atoms with E-state index in [1.54, 1.807) is 18.2 Å². The van der Waals surface area contributed by atoms with E-state index < -0.39 is 21.7 Å². The van der Waals surface area contributed by atoms with Gasteiger partial charge in [-0.2, -0.15) is 0 Å². The number of carbonyl (C=O) groups is 1. The highest BCUT2D eigenvalue weighted by molar-refractivity contribution is 9.10. The minimum atomic E-state index is -3.71. The molecule has 2 rings (SSSR count). The number of nitrogens with one attached hydrogen (secondary N) is 1. The first-order valence-corrected chi connectivity index (χ1v) is 10.3. The van der Waals surface area contributed by atoms with Crippen molar-refractivity contribution in [2.45, 2.75) is 12.8 Å². The van der Waals surface area contributed by atoms with Crippen molar-refractivity contribution in [1.82, 2.24) is 0 Å². The van der Waals surface area contributed by atoms with E-state index in [-0.39, 0.29) is 31.0 Å². The molecular formula is C17H17BrF2N2O3S. The third kappa shape index (κ3) is 5.50. The molecule has 0 aliphatic rings. The molecule has 0 saturated heterocycles. The lowest BCUT2D eigenvalue weighted by Gasteiger charge is -2.22. The fourth-order valence-corrected chi connectivity index (χ4v) is 3.63. The second-order valence-corrected chi connectivity index (χ2v) is 8.33. The van der Waals surface area contributed by atoms with Crippen LogP contribution in [0.1, 0.15) is 12.8 Å². The number of benzene rings is 2. The molecule has 140 valence electrons. The number of hydrogen-bond donors (Lipinski definition) is 1. The summed E-state index contributed by atoms with van der Waals surface area (Å²) in [5, 5.41) is 2.72. The smallest absolute Gasteiger partial charge is 0.232 e. The number of nitrogens with zero attached hydrogens (tertiary/aromatic N) is 1. The Morgan fingerprint density at radius 2 is 1.85 bits per heavy atom. The van der Waals surface area contributed by atoms with Gasteiger partial charge in [0.05, 0.1) is 17.6 Å². The van der Waals surface area contributed by atoms with E-state index in [1.165, 1.54) is 6.07 Å². The molecule has 0 saturated carbocycles. The zero-order valence-electron chi connectivity index (χ0n) is 13.9. The third-order valence-electron chi connectivity index (χ3n) is 3.50. The van der Waals surface area contributed by atoms with Gasteiger partial charge in [-0.25, -0.2) is 17.2 Å². The first-order chi connectivity index (χ1) is 12.2. The average molecular weight is 447 g/mol. The Morgan fingerprint density at radius 1 is 1.15 bits per heavy atom. The Kier molecular flexibility index (Phi) is 6.71. The highest BCUT2D eigenvalue weighted by Crippen LogP contribution is 2.23. The van der Waals surface area contributed by atoms with E-state index in [9.17, 15) is 22.0 Å². The minimum Gasteiger partial charge on any atom is -0.325 e. The second-order valence-electron chi connectivity index (χ2n) is 5.57. The molecule has 0 radical (unpaired) electrons. The zero-order chi connectivity index (χ0) is 19.3. The van der Waals surface area contributed by atoms with Crippen LogP contribution in [0.2, 0.25) is 0 Å². The van der Waals surface area contributed by atoms with E-state index in [0.29, 0.717) is 5.69 Å². The summed E-state index contributed by atoms with van der Waals surface area (Å²) in [6, 6.07) is 9.96. The van der Waals surface area contributed by atoms with Gasteiger partial charge in [0.25, 0.3) is 0 Å². The molecule has 0 fully saturated rings. The lowest BCUT2D eigenvalue weighted by molar-refractivity contribution is -0.116. The summed E-state index contributed by atoms with van der Waals surface area (Å²) in [4.78, 5) is 12.0. The number of carbonyl (C=O) groups excluding carboxylic acids is 1. The summed E-state index contributed by atoms with van der Waals surface area (Å²) < 4.78 is 52.0. The fraction of sp³-hybridized carbons (Fsp3) is 0.235. The number of para-hydroxylation sites is 1. The van der Waals surface area contributed by atoms with Crippen LogP contribution in [0.4, 0.5) is 20.2 Å². The summed E-state index contributed by atoms with van der Waals surface area (Å²) >= 11 is 3.32. The first kappa shape index (κ1) is 20.3. The summed E-state index contributed by atoms with van der Waals surface area (Å²) in [5.41, 5.74) is 0.621. The molecule has 0 aliphatic carbocycles. The van der Waals surface area contributed by atoms with E-state index in [2.05, 4.69) is 21.2 Å². The van der Waals surface area contributed by atoms with Gasteiger partial charge >= 0.3 is 0 Å². The molecule has 2 aromatic carbocycles. The molecule has 0 aliphatic heterocycles. The minimum absolute atomic E-state index is 0.0117. The molecule has 0 unspecified atom stereocenters. The van der Waals surface area contributed by atoms with Gasteiger partial charge in [-0.05, 0) is 46.6 Å². The lowest BCUT2D eigenvalue weighted by atomic mass is 10.2. The van der Waals surface area contributed by atoms with Gasteiger partial charge in [0.2, 0.25) is 15.9 Å². The van der Waals surface area contributed by atoms with Gasteiger partial charge < -0.3 is 5.32 Å². The molecule has 1 amide bonds. The van der Waals surface area contributed by atoms with E-state index in [4.69, 9.17) is 0 Å². The summed E-state index contributed by atoms with van der Waals surface area (Å²) in [6.07, 6.45) is 1.24. The van der Waals surface area contributed by atoms with E-state index >= 15 is 0 Å². The summed E-state index contributed by atoms with van der Waals surface area (Å²) in [6.45, 7) is -0.0344. The molecule has 2 aromatic rings. The van der Waals surface area contributed by atoms with Crippen LogP contribution < -0.4 is 9.62 Å². The van der Waals surface area contributed by atoms with Crippen LogP contribution in [-0.4, -0.2) is 27.1 Å². The predicted molar refractivity (Wildman–Crippen MR) is 101 cm³/mol. The van der Waals surface area contributed by atoms with Crippen molar-refractivity contribution in [3.05, 3.63) is 58.6 Å². The van der Waals surface area contributed by atoms with E-state index in [1.807, 2.05) is 6.07 Å². The second kappa shape index (κ2) is 8.59. The van der Waals surface area contributed by atoms with Gasteiger partial charge in [-0.15, -0.1) is 0 Å². The Bertz CT molecular complexity index is 907. The maximum absolute atomic E-state index is 13.4. The quantitative estimate of drug-likeness (QED) is 0.700. The predicted octanol–water partition coefficient (Wildman–Crippen LogP) is 3.91. The Balaban J connectivity index is 2.01. The van der Waals surface area contributed by atoms with Crippen LogP contribution in [0.15, 0.2) is 46.9 Å². The standard InChI is InChI=1S/C17H17BrF2N2O3S/c1-26(24,25)22(12-8-9-14(19)15(20)11-12)10-4-7-17(23)21-16-6-3-2-5-13(16)18/h2-3,5-6,8-9,11H,4,7,10H2,1H3,(H,21,23). The third-order valence-corrected chi connectivity index (χ3v) is 5.39. The van der Waals surface area contributed by atoms with Crippen LogP contribution >= 0.6 is 15.9 Å². The van der Waals surface area contributed by atoms with Crippen LogP contribution in [0.3, 0.4) is 0 Å². The maximum Gasteiger partial charge on any atom is 0.232 e. The van der Waals surface area contributed by atoms with Crippen molar-refractivity contribution >= 4 is 43.2 Å². The lowest BCUT2D eigenvalue weighted by Crippen LogP contribution is -2.31. The highest BCUT2D eigenvalue weighted by Gasteiger charge is 2.19. The van der Waals surface area contributed by atoms with Crippen LogP contribution in [0.5, 0.6) is 0 Å². The molecule has 0 spiro atoms. The molecule has 0 bridgehead atoms. The number of anilines is 2. The van der Waals surface area contributed by atoms with Gasteiger partial charge in [-0.1, -0.05) is 12.1 Å². The highest BCUT2D eigenvalue weighted by atomic mass is 79.9. The molecular weight excluding hydrogens is 430 g/mol. The Hall–Kier alpha value is -2.00. The average Bonchev–Trinajstić information content (AvgIpc) is 2.55. The Labute approximate surface area is 159 Å². The van der Waals surface area contributed by atoms with Gasteiger partial charge in [-0.3, -0.25) is 9.10 Å². The monoisotopic (exact) mass is 446 g/mol. The molecule has 5 nitrogen and oxygen atoms in total. The normalized spacial score (nSPS) is 11.2. The van der Waals surface area contributed by atoms with Crippen molar-refractivity contribution in [3.63, 3.8) is 0 Å². The van der Waals surface area contributed by atoms with Crippen molar-refractivity contribution in [1.29, 1.82) is 0 Å². The zero-order valence-corrected chi connectivity index (χ0v) is 16.3. The molecule has 0 atom stereocenters. The number of rotatable bonds is 7. The van der Waals surface area contributed by atoms with Crippen LogP contribution in [0, 0.1) is 11.6 Å². The van der Waals surface area contributed by atoms with Gasteiger partial charge in [0.15, 0.2) is 11.6 Å². The first-order valence-electron chi connectivity index (χ1n) is 7.65. The van der Waals surface area contributed by atoms with Crippen molar-refractivity contribution in [2.24, 2.45) is 0 Å². The topological polar surface area (TPSA) is 66.5 Å². The maximum atomic E-state index is 13.4. The number of amides is 1. The van der Waals surface area contributed by atoms with Crippen LogP contribution in [-0.2, 0) is 14.8 Å².